The Bertz CT molecular complexity index is 910. The number of aryl methyl sites for hydroxylation is 2. The SMILES string of the molecule is Cc1ccc(Cl)cc1Nc1nccc(N2CCCc3ccccc32)n1. The van der Waals surface area contributed by atoms with E-state index < -0.39 is 0 Å². The second kappa shape index (κ2) is 6.73. The summed E-state index contributed by atoms with van der Waals surface area (Å²) >= 11 is 6.10. The number of halogens is 1. The standard InChI is InChI=1S/C20H19ClN4/c1-14-8-9-16(21)13-17(14)23-20-22-11-10-19(24-20)25-12-4-6-15-5-2-3-7-18(15)25/h2-3,5,7-11,13H,4,6,12H2,1H3,(H,22,23,24). The van der Waals surface area contributed by atoms with Crippen molar-refractivity contribution in [2.24, 2.45) is 0 Å². The molecule has 1 aromatic heterocycles. The zero-order valence-electron chi connectivity index (χ0n) is 14.0. The van der Waals surface area contributed by atoms with Crippen molar-refractivity contribution >= 4 is 34.7 Å². The minimum absolute atomic E-state index is 0.575. The summed E-state index contributed by atoms with van der Waals surface area (Å²) < 4.78 is 0. The number of anilines is 4. The number of para-hydroxylation sites is 1. The molecule has 2 heterocycles. The van der Waals surface area contributed by atoms with Gasteiger partial charge < -0.3 is 10.2 Å². The molecule has 0 atom stereocenters. The topological polar surface area (TPSA) is 41.1 Å². The van der Waals surface area contributed by atoms with Crippen molar-refractivity contribution in [1.29, 1.82) is 0 Å². The summed E-state index contributed by atoms with van der Waals surface area (Å²) in [7, 11) is 0. The van der Waals surface area contributed by atoms with Gasteiger partial charge in [0, 0.05) is 29.1 Å². The van der Waals surface area contributed by atoms with Gasteiger partial charge in [0.15, 0.2) is 0 Å². The molecule has 1 aliphatic heterocycles. The molecule has 0 saturated heterocycles. The van der Waals surface area contributed by atoms with Crippen LogP contribution in [0.1, 0.15) is 17.5 Å². The fraction of sp³-hybridized carbons (Fsp3) is 0.200. The lowest BCUT2D eigenvalue weighted by Gasteiger charge is -2.30. The predicted molar refractivity (Wildman–Crippen MR) is 103 cm³/mol. The Balaban J connectivity index is 1.66. The molecule has 1 N–H and O–H groups in total. The van der Waals surface area contributed by atoms with E-state index >= 15 is 0 Å². The fourth-order valence-corrected chi connectivity index (χ4v) is 3.35. The van der Waals surface area contributed by atoms with Gasteiger partial charge in [-0.2, -0.15) is 4.98 Å². The normalized spacial score (nSPS) is 13.4. The van der Waals surface area contributed by atoms with E-state index in [9.17, 15) is 0 Å². The number of aromatic nitrogens is 2. The van der Waals surface area contributed by atoms with Gasteiger partial charge in [0.1, 0.15) is 5.82 Å². The molecule has 0 saturated carbocycles. The van der Waals surface area contributed by atoms with Crippen molar-refractivity contribution in [2.75, 3.05) is 16.8 Å². The number of fused-ring (bicyclic) bond motifs is 1. The molecule has 5 heteroatoms. The Morgan fingerprint density at radius 3 is 2.92 bits per heavy atom. The number of hydrogen-bond acceptors (Lipinski definition) is 4. The smallest absolute Gasteiger partial charge is 0.229 e. The molecule has 0 fully saturated rings. The lowest BCUT2D eigenvalue weighted by atomic mass is 10.0. The Hall–Kier alpha value is -2.59. The average molecular weight is 351 g/mol. The Morgan fingerprint density at radius 2 is 2.00 bits per heavy atom. The Labute approximate surface area is 152 Å². The zero-order valence-corrected chi connectivity index (χ0v) is 14.8. The first-order valence-corrected chi connectivity index (χ1v) is 8.80. The number of nitrogens with zero attached hydrogens (tertiary/aromatic N) is 3. The highest BCUT2D eigenvalue weighted by molar-refractivity contribution is 6.30. The molecule has 25 heavy (non-hydrogen) atoms. The summed E-state index contributed by atoms with van der Waals surface area (Å²) in [6, 6.07) is 16.2. The summed E-state index contributed by atoms with van der Waals surface area (Å²) in [6.45, 7) is 2.99. The first-order chi connectivity index (χ1) is 12.2. The molecular formula is C20H19ClN4. The van der Waals surface area contributed by atoms with Gasteiger partial charge in [-0.05, 0) is 55.2 Å². The largest absolute Gasteiger partial charge is 0.326 e. The van der Waals surface area contributed by atoms with E-state index in [2.05, 4.69) is 39.5 Å². The van der Waals surface area contributed by atoms with Gasteiger partial charge in [-0.25, -0.2) is 4.98 Å². The molecular weight excluding hydrogens is 332 g/mol. The van der Waals surface area contributed by atoms with Crippen LogP contribution < -0.4 is 10.2 Å². The first kappa shape index (κ1) is 15.9. The van der Waals surface area contributed by atoms with Crippen LogP contribution in [-0.4, -0.2) is 16.5 Å². The summed E-state index contributed by atoms with van der Waals surface area (Å²) in [5.74, 6) is 1.48. The average Bonchev–Trinajstić information content (AvgIpc) is 2.64. The minimum atomic E-state index is 0.575. The maximum Gasteiger partial charge on any atom is 0.229 e. The quantitative estimate of drug-likeness (QED) is 0.699. The molecule has 1 aliphatic rings. The van der Waals surface area contributed by atoms with Crippen LogP contribution in [0.15, 0.2) is 54.7 Å². The fourth-order valence-electron chi connectivity index (χ4n) is 3.18. The molecule has 126 valence electrons. The van der Waals surface area contributed by atoms with E-state index in [-0.39, 0.29) is 0 Å². The molecule has 0 spiro atoms. The third-order valence-corrected chi connectivity index (χ3v) is 4.71. The van der Waals surface area contributed by atoms with E-state index in [1.165, 1.54) is 11.3 Å². The lowest BCUT2D eigenvalue weighted by molar-refractivity contribution is 0.759. The minimum Gasteiger partial charge on any atom is -0.326 e. The van der Waals surface area contributed by atoms with Gasteiger partial charge in [-0.3, -0.25) is 0 Å². The predicted octanol–water partition coefficient (Wildman–Crippen LogP) is 5.27. The van der Waals surface area contributed by atoms with E-state index in [0.717, 1.165) is 36.5 Å². The molecule has 4 rings (SSSR count). The van der Waals surface area contributed by atoms with Crippen molar-refractivity contribution in [2.45, 2.75) is 19.8 Å². The van der Waals surface area contributed by atoms with Crippen LogP contribution in [0.25, 0.3) is 0 Å². The van der Waals surface area contributed by atoms with Gasteiger partial charge in [-0.1, -0.05) is 35.9 Å². The maximum absolute atomic E-state index is 6.10. The monoisotopic (exact) mass is 350 g/mol. The van der Waals surface area contributed by atoms with Crippen LogP contribution in [0.2, 0.25) is 5.02 Å². The molecule has 3 aromatic rings. The van der Waals surface area contributed by atoms with Crippen LogP contribution in [0.4, 0.5) is 23.1 Å². The second-order valence-corrected chi connectivity index (χ2v) is 6.64. The number of rotatable bonds is 3. The summed E-state index contributed by atoms with van der Waals surface area (Å²) in [4.78, 5) is 11.3. The lowest BCUT2D eigenvalue weighted by Crippen LogP contribution is -2.25. The highest BCUT2D eigenvalue weighted by atomic mass is 35.5. The molecule has 2 aromatic carbocycles. The highest BCUT2D eigenvalue weighted by Crippen LogP contribution is 2.32. The van der Waals surface area contributed by atoms with Crippen molar-refractivity contribution in [3.05, 3.63) is 70.9 Å². The third kappa shape index (κ3) is 3.30. The van der Waals surface area contributed by atoms with Gasteiger partial charge in [-0.15, -0.1) is 0 Å². The molecule has 0 radical (unpaired) electrons. The zero-order chi connectivity index (χ0) is 17.2. The Morgan fingerprint density at radius 1 is 1.12 bits per heavy atom. The van der Waals surface area contributed by atoms with Gasteiger partial charge in [0.05, 0.1) is 0 Å². The van der Waals surface area contributed by atoms with Crippen molar-refractivity contribution in [3.63, 3.8) is 0 Å². The van der Waals surface area contributed by atoms with Crippen LogP contribution in [0.5, 0.6) is 0 Å². The van der Waals surface area contributed by atoms with Gasteiger partial charge in [0.2, 0.25) is 5.95 Å². The van der Waals surface area contributed by atoms with E-state index in [0.29, 0.717) is 11.0 Å². The van der Waals surface area contributed by atoms with E-state index in [1.807, 2.05) is 31.2 Å². The van der Waals surface area contributed by atoms with Crippen LogP contribution >= 0.6 is 11.6 Å². The second-order valence-electron chi connectivity index (χ2n) is 6.21. The van der Waals surface area contributed by atoms with Gasteiger partial charge >= 0.3 is 0 Å². The molecule has 0 aliphatic carbocycles. The van der Waals surface area contributed by atoms with Crippen LogP contribution in [-0.2, 0) is 6.42 Å². The first-order valence-electron chi connectivity index (χ1n) is 8.42. The maximum atomic E-state index is 6.10. The van der Waals surface area contributed by atoms with Crippen LogP contribution in [0, 0.1) is 6.92 Å². The molecule has 0 amide bonds. The van der Waals surface area contributed by atoms with Gasteiger partial charge in [0.25, 0.3) is 0 Å². The van der Waals surface area contributed by atoms with Crippen molar-refractivity contribution in [3.8, 4) is 0 Å². The number of hydrogen-bond donors (Lipinski definition) is 1. The van der Waals surface area contributed by atoms with Crippen molar-refractivity contribution in [1.82, 2.24) is 9.97 Å². The summed E-state index contributed by atoms with van der Waals surface area (Å²) in [6.07, 6.45) is 4.03. The number of nitrogens with one attached hydrogen (secondary N) is 1. The van der Waals surface area contributed by atoms with Crippen molar-refractivity contribution < 1.29 is 0 Å². The highest BCUT2D eigenvalue weighted by Gasteiger charge is 2.19. The molecule has 4 nitrogen and oxygen atoms in total. The van der Waals surface area contributed by atoms with Crippen LogP contribution in [0.3, 0.4) is 0 Å². The molecule has 0 unspecified atom stereocenters. The number of benzene rings is 2. The van der Waals surface area contributed by atoms with E-state index in [4.69, 9.17) is 16.6 Å². The Kier molecular flexibility index (Phi) is 4.28. The van der Waals surface area contributed by atoms with E-state index in [1.54, 1.807) is 6.20 Å². The third-order valence-electron chi connectivity index (χ3n) is 4.47. The molecule has 0 bridgehead atoms. The summed E-state index contributed by atoms with van der Waals surface area (Å²) in [5.41, 5.74) is 4.62. The summed E-state index contributed by atoms with van der Waals surface area (Å²) in [5, 5.41) is 3.97.